The fraction of sp³-hybridized carbons (Fsp3) is 0.200. The van der Waals surface area contributed by atoms with Crippen molar-refractivity contribution in [2.75, 3.05) is 0 Å². The van der Waals surface area contributed by atoms with Crippen LogP contribution in [-0.2, 0) is 0 Å². The van der Waals surface area contributed by atoms with E-state index >= 15 is 0 Å². The Morgan fingerprint density at radius 1 is 1.15 bits per heavy atom. The van der Waals surface area contributed by atoms with Crippen molar-refractivity contribution in [2.45, 2.75) is 19.8 Å². The van der Waals surface area contributed by atoms with E-state index in [1.807, 2.05) is 19.9 Å². The Labute approximate surface area is 165 Å². The van der Waals surface area contributed by atoms with Crippen molar-refractivity contribution >= 4 is 34.2 Å². The molecule has 0 bridgehead atoms. The second kappa shape index (κ2) is 6.73. The Hall–Kier alpha value is -2.24. The summed E-state index contributed by atoms with van der Waals surface area (Å²) in [6, 6.07) is 4.70. The number of fused-ring (bicyclic) bond motifs is 1. The highest BCUT2D eigenvalue weighted by Crippen LogP contribution is 2.43. The number of hydrogen-bond donors (Lipinski definition) is 0. The zero-order valence-corrected chi connectivity index (χ0v) is 16.1. The molecule has 3 nitrogen and oxygen atoms in total. The predicted octanol–water partition coefficient (Wildman–Crippen LogP) is 6.23. The van der Waals surface area contributed by atoms with Gasteiger partial charge >= 0.3 is 0 Å². The van der Waals surface area contributed by atoms with Crippen molar-refractivity contribution in [3.8, 4) is 5.82 Å². The zero-order valence-electron chi connectivity index (χ0n) is 14.5. The van der Waals surface area contributed by atoms with Gasteiger partial charge in [0.25, 0.3) is 0 Å². The zero-order chi connectivity index (χ0) is 19.3. The van der Waals surface area contributed by atoms with Crippen LogP contribution in [0, 0.1) is 18.7 Å². The summed E-state index contributed by atoms with van der Waals surface area (Å²) in [5.74, 6) is -0.812. The molecule has 1 aliphatic carbocycles. The number of imidazole rings is 1. The maximum atomic E-state index is 14.6. The number of allylic oxidation sites excluding steroid dienone is 4. The number of halogens is 4. The Morgan fingerprint density at radius 2 is 1.93 bits per heavy atom. The quantitative estimate of drug-likeness (QED) is 0.505. The van der Waals surface area contributed by atoms with Crippen LogP contribution in [0.5, 0.6) is 0 Å². The van der Waals surface area contributed by atoms with Gasteiger partial charge in [0.15, 0.2) is 5.82 Å². The summed E-state index contributed by atoms with van der Waals surface area (Å²) in [4.78, 5) is 8.74. The third-order valence-electron chi connectivity index (χ3n) is 4.81. The molecule has 138 valence electrons. The lowest BCUT2D eigenvalue weighted by Crippen LogP contribution is -2.17. The Balaban J connectivity index is 1.98. The van der Waals surface area contributed by atoms with Crippen LogP contribution in [-0.4, -0.2) is 14.5 Å². The lowest BCUT2D eigenvalue weighted by atomic mass is 9.82. The van der Waals surface area contributed by atoms with E-state index in [9.17, 15) is 8.78 Å². The van der Waals surface area contributed by atoms with Crippen LogP contribution in [0.3, 0.4) is 0 Å². The average molecular weight is 406 g/mol. The van der Waals surface area contributed by atoms with Crippen LogP contribution in [0.15, 0.2) is 53.7 Å². The molecule has 0 fully saturated rings. The van der Waals surface area contributed by atoms with Crippen LogP contribution >= 0.6 is 23.2 Å². The predicted molar refractivity (Wildman–Crippen MR) is 104 cm³/mol. The normalized spacial score (nSPS) is 19.9. The summed E-state index contributed by atoms with van der Waals surface area (Å²) in [5, 5.41) is 0.656. The minimum absolute atomic E-state index is 0.182. The van der Waals surface area contributed by atoms with Crippen LogP contribution < -0.4 is 0 Å². The van der Waals surface area contributed by atoms with Gasteiger partial charge in [-0.1, -0.05) is 30.1 Å². The van der Waals surface area contributed by atoms with Crippen molar-refractivity contribution in [3.05, 3.63) is 75.7 Å². The van der Waals surface area contributed by atoms with Gasteiger partial charge in [-0.25, -0.2) is 18.7 Å². The van der Waals surface area contributed by atoms with Crippen LogP contribution in [0.1, 0.15) is 24.0 Å². The van der Waals surface area contributed by atoms with Crippen molar-refractivity contribution in [3.63, 3.8) is 0 Å². The van der Waals surface area contributed by atoms with E-state index in [2.05, 4.69) is 9.97 Å². The monoisotopic (exact) mass is 405 g/mol. The fourth-order valence-electron chi connectivity index (χ4n) is 3.63. The van der Waals surface area contributed by atoms with Gasteiger partial charge in [0.1, 0.15) is 23.5 Å². The second-order valence-electron chi connectivity index (χ2n) is 6.65. The molecular weight excluding hydrogens is 391 g/mol. The highest BCUT2D eigenvalue weighted by Gasteiger charge is 2.30. The summed E-state index contributed by atoms with van der Waals surface area (Å²) in [6.45, 7) is 3.82. The highest BCUT2D eigenvalue weighted by atomic mass is 35.5. The molecule has 1 aromatic carbocycles. The van der Waals surface area contributed by atoms with Gasteiger partial charge in [0.2, 0.25) is 0 Å². The van der Waals surface area contributed by atoms with Crippen molar-refractivity contribution in [1.29, 1.82) is 0 Å². The summed E-state index contributed by atoms with van der Waals surface area (Å²) >= 11 is 12.4. The number of hydrogen-bond acceptors (Lipinski definition) is 2. The van der Waals surface area contributed by atoms with E-state index in [0.29, 0.717) is 16.4 Å². The van der Waals surface area contributed by atoms with Gasteiger partial charge in [0, 0.05) is 27.7 Å². The van der Waals surface area contributed by atoms with Crippen LogP contribution in [0.25, 0.3) is 16.9 Å². The van der Waals surface area contributed by atoms with Crippen molar-refractivity contribution < 1.29 is 8.78 Å². The minimum Gasteiger partial charge on any atom is -0.280 e. The molecule has 1 aliphatic rings. The molecule has 0 radical (unpaired) electrons. The van der Waals surface area contributed by atoms with Crippen LogP contribution in [0.4, 0.5) is 8.78 Å². The van der Waals surface area contributed by atoms with Crippen LogP contribution in [0.2, 0.25) is 5.02 Å². The summed E-state index contributed by atoms with van der Waals surface area (Å²) in [7, 11) is 0. The van der Waals surface area contributed by atoms with Gasteiger partial charge in [-0.2, -0.15) is 0 Å². The van der Waals surface area contributed by atoms with Gasteiger partial charge in [0.05, 0.1) is 5.52 Å². The molecular formula is C20H15Cl2F2N3. The number of aromatic nitrogens is 3. The first-order chi connectivity index (χ1) is 12.9. The minimum atomic E-state index is -0.492. The highest BCUT2D eigenvalue weighted by molar-refractivity contribution is 6.31. The summed E-state index contributed by atoms with van der Waals surface area (Å²) < 4.78 is 30.0. The van der Waals surface area contributed by atoms with E-state index in [1.54, 1.807) is 16.8 Å². The first kappa shape index (κ1) is 18.1. The molecule has 0 saturated heterocycles. The first-order valence-electron chi connectivity index (χ1n) is 8.39. The molecule has 27 heavy (non-hydrogen) atoms. The molecule has 0 saturated carbocycles. The fourth-order valence-corrected chi connectivity index (χ4v) is 4.24. The third kappa shape index (κ3) is 3.05. The Morgan fingerprint density at radius 3 is 2.67 bits per heavy atom. The summed E-state index contributed by atoms with van der Waals surface area (Å²) in [5.41, 5.74) is 2.45. The van der Waals surface area contributed by atoms with E-state index in [0.717, 1.165) is 11.1 Å². The maximum absolute atomic E-state index is 14.6. The molecule has 2 atom stereocenters. The molecule has 4 rings (SSSR count). The van der Waals surface area contributed by atoms with Gasteiger partial charge in [-0.15, -0.1) is 0 Å². The number of rotatable bonds is 2. The number of aryl methyl sites for hydroxylation is 1. The number of benzene rings is 1. The second-order valence-corrected chi connectivity index (χ2v) is 7.53. The number of nitrogens with zero attached hydrogens (tertiary/aromatic N) is 3. The maximum Gasteiger partial charge on any atom is 0.150 e. The smallest absolute Gasteiger partial charge is 0.150 e. The summed E-state index contributed by atoms with van der Waals surface area (Å²) in [6.07, 6.45) is 6.00. The van der Waals surface area contributed by atoms with E-state index in [-0.39, 0.29) is 28.2 Å². The lowest BCUT2D eigenvalue weighted by Gasteiger charge is -2.28. The third-order valence-corrected chi connectivity index (χ3v) is 5.37. The van der Waals surface area contributed by atoms with Gasteiger partial charge in [-0.05, 0) is 48.8 Å². The van der Waals surface area contributed by atoms with Crippen molar-refractivity contribution in [2.24, 2.45) is 5.92 Å². The molecule has 0 spiro atoms. The molecule has 0 amide bonds. The Bertz CT molecular complexity index is 1120. The van der Waals surface area contributed by atoms with Gasteiger partial charge in [-0.3, -0.25) is 4.57 Å². The SMILES string of the molecule is Cc1ccnc(-n2cnc3cc(Cl)cc(F)c32)c1C1C(Cl)=CC(F)=CC1C. The number of pyridine rings is 1. The average Bonchev–Trinajstić information content (AvgIpc) is 2.99. The first-order valence-corrected chi connectivity index (χ1v) is 9.14. The lowest BCUT2D eigenvalue weighted by molar-refractivity contribution is 0.565. The van der Waals surface area contributed by atoms with Crippen molar-refractivity contribution in [1.82, 2.24) is 14.5 Å². The van der Waals surface area contributed by atoms with Gasteiger partial charge < -0.3 is 0 Å². The standard InChI is InChI=1S/C20H15Cl2F2N3/c1-10-3-4-25-20(18(10)17-11(2)5-13(23)8-14(17)22)27-9-26-16-7-12(21)6-15(24)19(16)27/h3-9,11,17H,1-2H3. The molecule has 0 aliphatic heterocycles. The molecule has 0 N–H and O–H groups in total. The molecule has 2 aromatic heterocycles. The topological polar surface area (TPSA) is 30.7 Å². The molecule has 2 unspecified atom stereocenters. The Kier molecular flexibility index (Phi) is 4.52. The largest absolute Gasteiger partial charge is 0.280 e. The van der Waals surface area contributed by atoms with E-state index in [4.69, 9.17) is 23.2 Å². The van der Waals surface area contributed by atoms with E-state index < -0.39 is 5.82 Å². The molecule has 2 heterocycles. The molecule has 7 heteroatoms. The molecule has 3 aromatic rings. The van der Waals surface area contributed by atoms with E-state index in [1.165, 1.54) is 24.5 Å².